The summed E-state index contributed by atoms with van der Waals surface area (Å²) in [5.74, 6) is 0.188. The molecular weight excluding hydrogens is 374 g/mol. The van der Waals surface area contributed by atoms with E-state index in [4.69, 9.17) is 4.74 Å². The standard InChI is InChI=1S/C17H10BrN3O3/c1-24-17-11-8-9(18)6-7-10(11)14-15(16(17)21(22)23)20-13-5-3-2-4-12(13)19-14/h2-8H,1H3. The first-order chi connectivity index (χ1) is 11.6. The number of para-hydroxylation sites is 2. The third kappa shape index (κ3) is 2.09. The molecular formula is C17H10BrN3O3. The largest absolute Gasteiger partial charge is 0.490 e. The number of halogens is 1. The van der Waals surface area contributed by atoms with Gasteiger partial charge in [0.1, 0.15) is 5.52 Å². The molecule has 0 amide bonds. The maximum atomic E-state index is 11.7. The highest BCUT2D eigenvalue weighted by molar-refractivity contribution is 9.10. The predicted molar refractivity (Wildman–Crippen MR) is 95.5 cm³/mol. The zero-order valence-corrected chi connectivity index (χ0v) is 14.1. The number of nitrogens with zero attached hydrogens (tertiary/aromatic N) is 3. The second-order valence-corrected chi connectivity index (χ2v) is 6.15. The number of fused-ring (bicyclic) bond motifs is 4. The Balaban J connectivity index is 2.33. The van der Waals surface area contributed by atoms with Crippen LogP contribution in [0, 0.1) is 10.1 Å². The Morgan fingerprint density at radius 1 is 1.04 bits per heavy atom. The van der Waals surface area contributed by atoms with E-state index in [-0.39, 0.29) is 17.0 Å². The number of aromatic nitrogens is 2. The van der Waals surface area contributed by atoms with Crippen molar-refractivity contribution in [3.05, 3.63) is 57.1 Å². The molecule has 0 atom stereocenters. The van der Waals surface area contributed by atoms with Crippen molar-refractivity contribution in [2.75, 3.05) is 7.11 Å². The van der Waals surface area contributed by atoms with Crippen molar-refractivity contribution < 1.29 is 9.66 Å². The normalized spacial score (nSPS) is 11.2. The molecule has 118 valence electrons. The molecule has 0 aliphatic heterocycles. The van der Waals surface area contributed by atoms with Crippen LogP contribution in [0.15, 0.2) is 46.9 Å². The molecule has 0 saturated carbocycles. The first-order valence-electron chi connectivity index (χ1n) is 7.10. The Labute approximate surface area is 144 Å². The second-order valence-electron chi connectivity index (χ2n) is 5.24. The summed E-state index contributed by atoms with van der Waals surface area (Å²) < 4.78 is 6.17. The van der Waals surface area contributed by atoms with Crippen LogP contribution < -0.4 is 4.74 Å². The van der Waals surface area contributed by atoms with E-state index < -0.39 is 4.92 Å². The summed E-state index contributed by atoms with van der Waals surface area (Å²) in [5, 5.41) is 13.1. The minimum Gasteiger partial charge on any atom is -0.490 e. The monoisotopic (exact) mass is 383 g/mol. The molecule has 0 N–H and O–H groups in total. The topological polar surface area (TPSA) is 78.2 Å². The van der Waals surface area contributed by atoms with Crippen molar-refractivity contribution in [1.29, 1.82) is 0 Å². The maximum Gasteiger partial charge on any atom is 0.339 e. The van der Waals surface area contributed by atoms with Crippen LogP contribution in [-0.2, 0) is 0 Å². The van der Waals surface area contributed by atoms with Crippen LogP contribution in [0.3, 0.4) is 0 Å². The number of nitro groups is 1. The second kappa shape index (κ2) is 5.38. The number of nitro benzene ring substituents is 1. The zero-order valence-electron chi connectivity index (χ0n) is 12.5. The molecule has 0 aliphatic rings. The molecule has 0 saturated heterocycles. The van der Waals surface area contributed by atoms with Gasteiger partial charge in [0.15, 0.2) is 5.52 Å². The third-order valence-corrected chi connectivity index (χ3v) is 4.37. The van der Waals surface area contributed by atoms with Gasteiger partial charge < -0.3 is 4.74 Å². The van der Waals surface area contributed by atoms with Gasteiger partial charge in [0.2, 0.25) is 5.75 Å². The summed E-state index contributed by atoms with van der Waals surface area (Å²) >= 11 is 3.40. The molecule has 0 aliphatic carbocycles. The first-order valence-corrected chi connectivity index (χ1v) is 7.89. The summed E-state index contributed by atoms with van der Waals surface area (Å²) in [6.07, 6.45) is 0. The number of rotatable bonds is 2. The van der Waals surface area contributed by atoms with Gasteiger partial charge in [-0.15, -0.1) is 0 Å². The van der Waals surface area contributed by atoms with E-state index in [9.17, 15) is 10.1 Å². The van der Waals surface area contributed by atoms with Crippen LogP contribution in [0.5, 0.6) is 5.75 Å². The van der Waals surface area contributed by atoms with Crippen molar-refractivity contribution in [3.8, 4) is 5.75 Å². The summed E-state index contributed by atoms with van der Waals surface area (Å²) in [6.45, 7) is 0. The Morgan fingerprint density at radius 2 is 1.71 bits per heavy atom. The molecule has 1 heterocycles. The lowest BCUT2D eigenvalue weighted by atomic mass is 10.1. The average Bonchev–Trinajstić information content (AvgIpc) is 2.58. The Kier molecular flexibility index (Phi) is 3.31. The quantitative estimate of drug-likeness (QED) is 0.218. The Bertz CT molecular complexity index is 1140. The molecule has 1 aromatic heterocycles. The van der Waals surface area contributed by atoms with Crippen molar-refractivity contribution in [1.82, 2.24) is 9.97 Å². The van der Waals surface area contributed by atoms with E-state index in [2.05, 4.69) is 25.9 Å². The molecule has 4 rings (SSSR count). The lowest BCUT2D eigenvalue weighted by Crippen LogP contribution is -2.00. The third-order valence-electron chi connectivity index (χ3n) is 3.88. The van der Waals surface area contributed by atoms with Gasteiger partial charge in [-0.2, -0.15) is 0 Å². The first kappa shape index (κ1) is 14.8. The van der Waals surface area contributed by atoms with Crippen molar-refractivity contribution >= 4 is 54.5 Å². The van der Waals surface area contributed by atoms with E-state index in [1.165, 1.54) is 7.11 Å². The minimum atomic E-state index is -0.467. The number of benzene rings is 3. The van der Waals surface area contributed by atoms with Gasteiger partial charge >= 0.3 is 5.69 Å². The van der Waals surface area contributed by atoms with Gasteiger partial charge in [-0.25, -0.2) is 9.97 Å². The highest BCUT2D eigenvalue weighted by Crippen LogP contribution is 2.42. The molecule has 0 radical (unpaired) electrons. The van der Waals surface area contributed by atoms with E-state index >= 15 is 0 Å². The lowest BCUT2D eigenvalue weighted by Gasteiger charge is -2.11. The fourth-order valence-electron chi connectivity index (χ4n) is 2.87. The summed E-state index contributed by atoms with van der Waals surface area (Å²) in [7, 11) is 1.42. The van der Waals surface area contributed by atoms with Crippen LogP contribution in [0.25, 0.3) is 32.8 Å². The number of hydrogen-bond acceptors (Lipinski definition) is 5. The molecule has 0 bridgehead atoms. The summed E-state index contributed by atoms with van der Waals surface area (Å²) in [5.41, 5.74) is 1.84. The van der Waals surface area contributed by atoms with Gasteiger partial charge in [0.25, 0.3) is 0 Å². The van der Waals surface area contributed by atoms with Crippen molar-refractivity contribution in [3.63, 3.8) is 0 Å². The fourth-order valence-corrected chi connectivity index (χ4v) is 3.24. The molecule has 3 aromatic carbocycles. The predicted octanol–water partition coefficient (Wildman–Crippen LogP) is 4.62. The fraction of sp³-hybridized carbons (Fsp3) is 0.0588. The van der Waals surface area contributed by atoms with Crippen LogP contribution in [-0.4, -0.2) is 22.0 Å². The van der Waals surface area contributed by atoms with E-state index in [0.717, 1.165) is 9.86 Å². The highest BCUT2D eigenvalue weighted by atomic mass is 79.9. The number of hydrogen-bond donors (Lipinski definition) is 0. The van der Waals surface area contributed by atoms with Crippen LogP contribution in [0.1, 0.15) is 0 Å². The van der Waals surface area contributed by atoms with Gasteiger partial charge in [-0.3, -0.25) is 10.1 Å². The molecule has 7 heteroatoms. The maximum absolute atomic E-state index is 11.7. The molecule has 4 aromatic rings. The van der Waals surface area contributed by atoms with E-state index in [1.54, 1.807) is 12.1 Å². The molecule has 0 fully saturated rings. The SMILES string of the molecule is COc1c([N+](=O)[O-])c2nc3ccccc3nc2c2ccc(Br)cc12. The average molecular weight is 384 g/mol. The van der Waals surface area contributed by atoms with E-state index in [1.807, 2.05) is 30.3 Å². The molecule has 6 nitrogen and oxygen atoms in total. The van der Waals surface area contributed by atoms with Crippen LogP contribution >= 0.6 is 15.9 Å². The van der Waals surface area contributed by atoms with Gasteiger partial charge in [0.05, 0.1) is 23.1 Å². The van der Waals surface area contributed by atoms with Crippen LogP contribution in [0.2, 0.25) is 0 Å². The Hall–Kier alpha value is -2.80. The van der Waals surface area contributed by atoms with E-state index in [0.29, 0.717) is 21.9 Å². The van der Waals surface area contributed by atoms with Gasteiger partial charge in [-0.05, 0) is 24.3 Å². The van der Waals surface area contributed by atoms with Crippen molar-refractivity contribution in [2.24, 2.45) is 0 Å². The summed E-state index contributed by atoms with van der Waals surface area (Å²) in [6, 6.07) is 12.8. The lowest BCUT2D eigenvalue weighted by molar-refractivity contribution is -0.384. The minimum absolute atomic E-state index is 0.170. The smallest absolute Gasteiger partial charge is 0.339 e. The molecule has 0 spiro atoms. The van der Waals surface area contributed by atoms with Crippen molar-refractivity contribution in [2.45, 2.75) is 0 Å². The molecule has 24 heavy (non-hydrogen) atoms. The Morgan fingerprint density at radius 3 is 2.33 bits per heavy atom. The highest BCUT2D eigenvalue weighted by Gasteiger charge is 2.26. The zero-order chi connectivity index (χ0) is 16.8. The molecule has 0 unspecified atom stereocenters. The number of ether oxygens (including phenoxy) is 1. The van der Waals surface area contributed by atoms with Gasteiger partial charge in [0, 0.05) is 15.2 Å². The number of methoxy groups -OCH3 is 1. The summed E-state index contributed by atoms with van der Waals surface area (Å²) in [4.78, 5) is 20.3. The van der Waals surface area contributed by atoms with Crippen LogP contribution in [0.4, 0.5) is 5.69 Å². The van der Waals surface area contributed by atoms with Gasteiger partial charge in [-0.1, -0.05) is 34.1 Å².